The molecule has 0 unspecified atom stereocenters. The molecule has 8 heteroatoms. The molecule has 0 N–H and O–H groups in total. The predicted octanol–water partition coefficient (Wildman–Crippen LogP) is 6.75. The fourth-order valence-corrected chi connectivity index (χ4v) is 4.06. The van der Waals surface area contributed by atoms with Gasteiger partial charge in [0.1, 0.15) is 23.6 Å². The summed E-state index contributed by atoms with van der Waals surface area (Å²) in [4.78, 5) is 13.1. The van der Waals surface area contributed by atoms with Crippen molar-refractivity contribution in [3.05, 3.63) is 58.9 Å². The molecule has 2 aromatic carbocycles. The molecule has 0 saturated heterocycles. The molecular formula is C32H42N6O2. The van der Waals surface area contributed by atoms with E-state index in [4.69, 9.17) is 9.47 Å². The number of allylic oxidation sites excluding steroid dienone is 2. The molecular weight excluding hydrogens is 500 g/mol. The molecule has 212 valence electrons. The van der Waals surface area contributed by atoms with Crippen molar-refractivity contribution in [2.24, 2.45) is 9.98 Å². The molecule has 0 amide bonds. The number of benzene rings is 2. The maximum Gasteiger partial charge on any atom is 0.176 e. The number of hydrogen-bond donors (Lipinski definition) is 0. The average Bonchev–Trinajstić information content (AvgIpc) is 2.99. The van der Waals surface area contributed by atoms with Gasteiger partial charge in [-0.3, -0.25) is 0 Å². The number of rotatable bonds is 16. The highest BCUT2D eigenvalue weighted by atomic mass is 16.5. The van der Waals surface area contributed by atoms with E-state index < -0.39 is 0 Å². The van der Waals surface area contributed by atoms with Gasteiger partial charge < -0.3 is 19.3 Å². The second-order valence-electron chi connectivity index (χ2n) is 8.92. The predicted molar refractivity (Wildman–Crippen MR) is 165 cm³/mol. The van der Waals surface area contributed by atoms with E-state index in [1.807, 2.05) is 62.4 Å². The Morgan fingerprint density at radius 1 is 0.675 bits per heavy atom. The highest BCUT2D eigenvalue weighted by Gasteiger charge is 2.11. The zero-order valence-corrected chi connectivity index (χ0v) is 24.8. The SMILES string of the molecule is CCCOc1cc(N(CC)CC)ccc1C=N/C(C#N)=C(\C#N)N=Cc1ccc(N(CC)CC)cc1OCCC. The first-order valence-corrected chi connectivity index (χ1v) is 14.2. The van der Waals surface area contributed by atoms with Crippen molar-refractivity contribution < 1.29 is 9.47 Å². The van der Waals surface area contributed by atoms with Crippen LogP contribution in [0.2, 0.25) is 0 Å². The van der Waals surface area contributed by atoms with Crippen LogP contribution in [0, 0.1) is 22.7 Å². The monoisotopic (exact) mass is 542 g/mol. The first-order chi connectivity index (χ1) is 19.5. The third-order valence-corrected chi connectivity index (χ3v) is 6.28. The molecule has 0 aliphatic heterocycles. The van der Waals surface area contributed by atoms with Crippen LogP contribution >= 0.6 is 0 Å². The number of anilines is 2. The van der Waals surface area contributed by atoms with Gasteiger partial charge in [0.15, 0.2) is 11.4 Å². The Balaban J connectivity index is 2.44. The largest absolute Gasteiger partial charge is 0.493 e. The quantitative estimate of drug-likeness (QED) is 0.172. The number of nitrogens with zero attached hydrogens (tertiary/aromatic N) is 6. The summed E-state index contributed by atoms with van der Waals surface area (Å²) in [6.07, 6.45) is 4.83. The van der Waals surface area contributed by atoms with E-state index in [-0.39, 0.29) is 11.4 Å². The van der Waals surface area contributed by atoms with Crippen molar-refractivity contribution in [1.29, 1.82) is 10.5 Å². The summed E-state index contributed by atoms with van der Waals surface area (Å²) in [5.41, 5.74) is 3.40. The van der Waals surface area contributed by atoms with Gasteiger partial charge in [0, 0.05) is 73.2 Å². The van der Waals surface area contributed by atoms with E-state index in [1.165, 1.54) is 0 Å². The second-order valence-corrected chi connectivity index (χ2v) is 8.92. The van der Waals surface area contributed by atoms with Crippen LogP contribution < -0.4 is 19.3 Å². The summed E-state index contributed by atoms with van der Waals surface area (Å²) in [7, 11) is 0. The maximum absolute atomic E-state index is 9.80. The minimum atomic E-state index is -0.0798. The van der Waals surface area contributed by atoms with E-state index in [1.54, 1.807) is 12.4 Å². The van der Waals surface area contributed by atoms with Crippen molar-refractivity contribution >= 4 is 23.8 Å². The summed E-state index contributed by atoms with van der Waals surface area (Å²) in [5, 5.41) is 19.6. The summed E-state index contributed by atoms with van der Waals surface area (Å²) in [6, 6.07) is 15.9. The summed E-state index contributed by atoms with van der Waals surface area (Å²) in [5.74, 6) is 1.36. The van der Waals surface area contributed by atoms with Crippen LogP contribution in [-0.4, -0.2) is 51.8 Å². The molecule has 40 heavy (non-hydrogen) atoms. The topological polar surface area (TPSA) is 97.2 Å². The average molecular weight is 543 g/mol. The van der Waals surface area contributed by atoms with E-state index in [9.17, 15) is 10.5 Å². The van der Waals surface area contributed by atoms with Crippen LogP contribution in [-0.2, 0) is 0 Å². The first kappa shape index (κ1) is 31.9. The minimum Gasteiger partial charge on any atom is -0.493 e. The molecule has 8 nitrogen and oxygen atoms in total. The number of nitriles is 2. The first-order valence-electron chi connectivity index (χ1n) is 14.2. The van der Waals surface area contributed by atoms with Gasteiger partial charge in [0.25, 0.3) is 0 Å². The third-order valence-electron chi connectivity index (χ3n) is 6.28. The molecule has 0 spiro atoms. The maximum atomic E-state index is 9.80. The number of hydrogen-bond acceptors (Lipinski definition) is 8. The van der Waals surface area contributed by atoms with Gasteiger partial charge in [-0.25, -0.2) is 9.98 Å². The van der Waals surface area contributed by atoms with Crippen LogP contribution in [0.25, 0.3) is 0 Å². The molecule has 0 radical (unpaired) electrons. The Morgan fingerprint density at radius 2 is 1.05 bits per heavy atom. The molecule has 2 aromatic rings. The van der Waals surface area contributed by atoms with Crippen LogP contribution in [0.5, 0.6) is 11.5 Å². The van der Waals surface area contributed by atoms with Gasteiger partial charge in [-0.15, -0.1) is 0 Å². The molecule has 0 bridgehead atoms. The molecule has 0 aliphatic rings. The zero-order valence-electron chi connectivity index (χ0n) is 24.8. The highest BCUT2D eigenvalue weighted by Crippen LogP contribution is 2.27. The molecule has 2 rings (SSSR count). The Kier molecular flexibility index (Phi) is 13.8. The van der Waals surface area contributed by atoms with Crippen LogP contribution in [0.4, 0.5) is 11.4 Å². The zero-order chi connectivity index (χ0) is 29.3. The van der Waals surface area contributed by atoms with E-state index in [2.05, 4.69) is 47.5 Å². The minimum absolute atomic E-state index is 0.0798. The molecule has 0 atom stereocenters. The molecule has 0 heterocycles. The summed E-state index contributed by atoms with van der Waals surface area (Å²) in [6.45, 7) is 17.2. The fourth-order valence-electron chi connectivity index (χ4n) is 4.06. The smallest absolute Gasteiger partial charge is 0.176 e. The van der Waals surface area contributed by atoms with E-state index >= 15 is 0 Å². The number of aliphatic imine (C=N–C) groups is 2. The van der Waals surface area contributed by atoms with E-state index in [0.717, 1.165) is 61.5 Å². The Labute approximate surface area is 239 Å². The van der Waals surface area contributed by atoms with Crippen molar-refractivity contribution in [3.63, 3.8) is 0 Å². The molecule has 0 fully saturated rings. The van der Waals surface area contributed by atoms with Crippen LogP contribution in [0.3, 0.4) is 0 Å². The van der Waals surface area contributed by atoms with Crippen molar-refractivity contribution in [2.45, 2.75) is 54.4 Å². The lowest BCUT2D eigenvalue weighted by molar-refractivity contribution is 0.317. The van der Waals surface area contributed by atoms with Crippen LogP contribution in [0.1, 0.15) is 65.5 Å². The van der Waals surface area contributed by atoms with Crippen molar-refractivity contribution in [2.75, 3.05) is 49.2 Å². The Hall–Kier alpha value is -4.30. The Bertz CT molecular complexity index is 1160. The van der Waals surface area contributed by atoms with Crippen molar-refractivity contribution in [1.82, 2.24) is 0 Å². The lowest BCUT2D eigenvalue weighted by Gasteiger charge is -2.22. The third kappa shape index (κ3) is 8.88. The summed E-state index contributed by atoms with van der Waals surface area (Å²) < 4.78 is 12.0. The van der Waals surface area contributed by atoms with Crippen molar-refractivity contribution in [3.8, 4) is 23.6 Å². The molecule has 0 aliphatic carbocycles. The van der Waals surface area contributed by atoms with Crippen LogP contribution in [0.15, 0.2) is 57.8 Å². The lowest BCUT2D eigenvalue weighted by atomic mass is 10.1. The Morgan fingerprint density at radius 3 is 1.35 bits per heavy atom. The fraction of sp³-hybridized carbons (Fsp3) is 0.438. The molecule has 0 aromatic heterocycles. The highest BCUT2D eigenvalue weighted by molar-refractivity contribution is 5.87. The summed E-state index contributed by atoms with van der Waals surface area (Å²) >= 11 is 0. The second kappa shape index (κ2) is 17.3. The van der Waals surface area contributed by atoms with Gasteiger partial charge in [-0.2, -0.15) is 10.5 Å². The lowest BCUT2D eigenvalue weighted by Crippen LogP contribution is -2.21. The van der Waals surface area contributed by atoms with Gasteiger partial charge in [0.2, 0.25) is 0 Å². The molecule has 0 saturated carbocycles. The number of ether oxygens (including phenoxy) is 2. The van der Waals surface area contributed by atoms with Gasteiger partial charge in [0.05, 0.1) is 13.2 Å². The standard InChI is InChI=1S/C32H42N6O2/c1-7-17-39-31-19-27(37(9-3)10-4)15-13-25(31)23-35-29(21-33)30(22-34)36-24-26-14-16-28(38(11-5)12-6)20-32(26)40-18-8-2/h13-16,19-20,23-24H,7-12,17-18H2,1-6H3/b30-29+,35-23?,36-24?. The van der Waals surface area contributed by atoms with Gasteiger partial charge >= 0.3 is 0 Å². The normalized spacial score (nSPS) is 11.7. The van der Waals surface area contributed by atoms with Gasteiger partial charge in [-0.05, 0) is 64.8 Å². The van der Waals surface area contributed by atoms with E-state index in [0.29, 0.717) is 24.7 Å². The van der Waals surface area contributed by atoms with Gasteiger partial charge in [-0.1, -0.05) is 13.8 Å².